The largest absolute Gasteiger partial charge is 1.00 e. The molecule has 0 rings (SSSR count). The van der Waals surface area contributed by atoms with Gasteiger partial charge in [0.1, 0.15) is 0 Å². The molecule has 7 heteroatoms. The van der Waals surface area contributed by atoms with Gasteiger partial charge in [-0.3, -0.25) is 0 Å². The minimum absolute atomic E-state index is 0. The topological polar surface area (TPSA) is 69.2 Å². The number of rotatable bonds is 1. The molecule has 0 radical (unpaired) electrons. The minimum atomic E-state index is -4.38. The van der Waals surface area contributed by atoms with Gasteiger partial charge in [-0.15, -0.1) is 0 Å². The summed E-state index contributed by atoms with van der Waals surface area (Å²) in [6.07, 6.45) is -0.257. The Bertz CT molecular complexity index is 46.8. The molecule has 0 amide bonds. The summed E-state index contributed by atoms with van der Waals surface area (Å²) in [5.41, 5.74) is 0. The Morgan fingerprint density at radius 3 is 1.11 bits per heavy atom. The molecule has 3 nitrogen and oxygen atoms in total. The predicted octanol–water partition coefficient (Wildman–Crippen LogP) is -11.4. The third-order valence-corrected chi connectivity index (χ3v) is 1.30. The summed E-state index contributed by atoms with van der Waals surface area (Å²) in [5.74, 6) is 0. The first kappa shape index (κ1) is 23.8. The molecule has 0 saturated carbocycles. The van der Waals surface area contributed by atoms with Crippen LogP contribution in [0.25, 0.3) is 0 Å². The summed E-state index contributed by atoms with van der Waals surface area (Å²) in [7, 11) is -4.38. The van der Waals surface area contributed by atoms with E-state index in [0.29, 0.717) is 0 Å². The molecule has 0 aliphatic heterocycles. The fourth-order valence-electron chi connectivity index (χ4n) is 0. The van der Waals surface area contributed by atoms with Crippen LogP contribution in [-0.4, -0.2) is 6.16 Å². The van der Waals surface area contributed by atoms with Crippen LogP contribution >= 0.6 is 7.94 Å². The normalized spacial score (nSPS) is 9.78. The standard InChI is InChI=1S/C2H6O3P.3K/c1-2-6(3,4)5;;;/h6H,2H2,1H3;;;/q-3;3*+1. The van der Waals surface area contributed by atoms with Gasteiger partial charge in [0.2, 0.25) is 0 Å². The first-order chi connectivity index (χ1) is 2.56. The van der Waals surface area contributed by atoms with E-state index in [1.165, 1.54) is 6.92 Å². The van der Waals surface area contributed by atoms with Crippen LogP contribution in [0.4, 0.5) is 0 Å². The van der Waals surface area contributed by atoms with Gasteiger partial charge < -0.3 is 0 Å². The number of hydrogen-bond donors (Lipinski definition) is 0. The average Bonchev–Trinajstić information content (AvgIpc) is 1.35. The first-order valence-electron chi connectivity index (χ1n) is 1.67. The third-order valence-electron chi connectivity index (χ3n) is 0.433. The molecule has 0 heterocycles. The van der Waals surface area contributed by atoms with E-state index >= 15 is 0 Å². The van der Waals surface area contributed by atoms with Crippen molar-refractivity contribution < 1.29 is 169 Å². The summed E-state index contributed by atoms with van der Waals surface area (Å²) in [6, 6.07) is 0. The molecule has 0 aliphatic rings. The molecular formula is C2H6K3O3P. The molecule has 0 aromatic heterocycles. The van der Waals surface area contributed by atoms with Crippen LogP contribution in [-0.2, 0) is 0 Å². The molecule has 0 unspecified atom stereocenters. The average molecular weight is 226 g/mol. The molecule has 0 bridgehead atoms. The van der Waals surface area contributed by atoms with Gasteiger partial charge in [-0.2, -0.15) is 0 Å². The van der Waals surface area contributed by atoms with Crippen molar-refractivity contribution in [2.75, 3.05) is 6.16 Å². The van der Waals surface area contributed by atoms with Crippen molar-refractivity contribution in [3.63, 3.8) is 0 Å². The summed E-state index contributed by atoms with van der Waals surface area (Å²) in [5, 5.41) is 0. The van der Waals surface area contributed by atoms with Gasteiger partial charge in [-0.25, -0.2) is 0 Å². The van der Waals surface area contributed by atoms with E-state index in [1.54, 1.807) is 0 Å². The Balaban J connectivity index is -0.0000000417. The Hall–Kier alpha value is 5.22. The molecular weight excluding hydrogens is 220 g/mol. The molecule has 0 aromatic rings. The molecule has 0 atom stereocenters. The van der Waals surface area contributed by atoms with Crippen molar-refractivity contribution in [1.29, 1.82) is 0 Å². The van der Waals surface area contributed by atoms with Gasteiger partial charge >= 0.3 is 190 Å². The van der Waals surface area contributed by atoms with E-state index in [9.17, 15) is 14.7 Å². The fourth-order valence-corrected chi connectivity index (χ4v) is 0. The van der Waals surface area contributed by atoms with E-state index < -0.39 is 7.94 Å². The summed E-state index contributed by atoms with van der Waals surface area (Å²) in [4.78, 5) is 28.5. The molecule has 0 aliphatic carbocycles. The van der Waals surface area contributed by atoms with Crippen molar-refractivity contribution in [2.24, 2.45) is 0 Å². The van der Waals surface area contributed by atoms with E-state index in [2.05, 4.69) is 0 Å². The molecule has 0 spiro atoms. The van der Waals surface area contributed by atoms with Crippen LogP contribution < -0.4 is 169 Å². The van der Waals surface area contributed by atoms with Gasteiger partial charge in [-0.1, -0.05) is 0 Å². The molecule has 0 aromatic carbocycles. The zero-order chi connectivity index (χ0) is 5.21. The van der Waals surface area contributed by atoms with Crippen molar-refractivity contribution in [2.45, 2.75) is 6.92 Å². The Kier molecular flexibility index (Phi) is 34.9. The first-order valence-corrected chi connectivity index (χ1v) is 3.60. The van der Waals surface area contributed by atoms with E-state index in [4.69, 9.17) is 0 Å². The quantitative estimate of drug-likeness (QED) is 0.329. The monoisotopic (exact) mass is 226 g/mol. The van der Waals surface area contributed by atoms with E-state index in [0.717, 1.165) is 0 Å². The van der Waals surface area contributed by atoms with Crippen LogP contribution in [0.2, 0.25) is 0 Å². The molecule has 0 fully saturated rings. The van der Waals surface area contributed by atoms with E-state index in [1.807, 2.05) is 0 Å². The predicted molar refractivity (Wildman–Crippen MR) is 18.9 cm³/mol. The zero-order valence-electron chi connectivity index (χ0n) is 6.43. The van der Waals surface area contributed by atoms with Gasteiger partial charge in [0.15, 0.2) is 0 Å². The van der Waals surface area contributed by atoms with Crippen LogP contribution in [0.1, 0.15) is 6.92 Å². The maximum absolute atomic E-state index is 9.50. The molecule has 9 heavy (non-hydrogen) atoms. The SMILES string of the molecule is CC[PH]([O-])([O-])[O-].[K+].[K+].[K+]. The Labute approximate surface area is 184 Å². The smallest absolute Gasteiger partial charge is 1.00 e. The summed E-state index contributed by atoms with van der Waals surface area (Å²) in [6.45, 7) is 1.33. The van der Waals surface area contributed by atoms with Crippen molar-refractivity contribution in [3.8, 4) is 0 Å². The fraction of sp³-hybridized carbons (Fsp3) is 1.00. The maximum Gasteiger partial charge on any atom is 1.00 e. The second-order valence-electron chi connectivity index (χ2n) is 1.04. The maximum atomic E-state index is 9.50. The molecule has 0 N–H and O–H groups in total. The van der Waals surface area contributed by atoms with Crippen molar-refractivity contribution >= 4 is 7.94 Å². The van der Waals surface area contributed by atoms with Crippen LogP contribution in [0.3, 0.4) is 0 Å². The zero-order valence-corrected chi connectivity index (χ0v) is 16.8. The van der Waals surface area contributed by atoms with Crippen LogP contribution in [0.5, 0.6) is 0 Å². The van der Waals surface area contributed by atoms with Gasteiger partial charge in [0, 0.05) is 0 Å². The van der Waals surface area contributed by atoms with Crippen molar-refractivity contribution in [3.05, 3.63) is 0 Å². The van der Waals surface area contributed by atoms with Crippen molar-refractivity contribution in [1.82, 2.24) is 0 Å². The minimum Gasteiger partial charge on any atom is 1.00 e. The second kappa shape index (κ2) is 13.2. The van der Waals surface area contributed by atoms with Gasteiger partial charge in [-0.05, 0) is 0 Å². The Morgan fingerprint density at radius 1 is 1.00 bits per heavy atom. The third kappa shape index (κ3) is 24.6. The van der Waals surface area contributed by atoms with E-state index in [-0.39, 0.29) is 160 Å². The Morgan fingerprint density at radius 2 is 1.11 bits per heavy atom. The van der Waals surface area contributed by atoms with Crippen LogP contribution in [0, 0.1) is 0 Å². The molecule has 40 valence electrons. The number of hydrogen-bond acceptors (Lipinski definition) is 3. The second-order valence-corrected chi connectivity index (χ2v) is 3.11. The van der Waals surface area contributed by atoms with Gasteiger partial charge in [0.05, 0.1) is 0 Å². The summed E-state index contributed by atoms with van der Waals surface area (Å²) < 4.78 is 0. The van der Waals surface area contributed by atoms with Gasteiger partial charge in [0.25, 0.3) is 0 Å². The molecule has 0 saturated heterocycles. The summed E-state index contributed by atoms with van der Waals surface area (Å²) >= 11 is 0. The van der Waals surface area contributed by atoms with Crippen LogP contribution in [0.15, 0.2) is 0 Å².